The Morgan fingerprint density at radius 1 is 1.16 bits per heavy atom. The van der Waals surface area contributed by atoms with Gasteiger partial charge in [0.1, 0.15) is 0 Å². The molecule has 0 bridgehead atoms. The van der Waals surface area contributed by atoms with E-state index in [0.29, 0.717) is 12.1 Å². The predicted molar refractivity (Wildman–Crippen MR) is 80.3 cm³/mol. The van der Waals surface area contributed by atoms with Crippen LogP contribution in [0.2, 0.25) is 0 Å². The molecule has 0 atom stereocenters. The van der Waals surface area contributed by atoms with Gasteiger partial charge in [0.25, 0.3) is 0 Å². The van der Waals surface area contributed by atoms with Crippen LogP contribution in [0, 0.1) is 5.92 Å². The third-order valence-electron chi connectivity index (χ3n) is 3.76. The van der Waals surface area contributed by atoms with E-state index in [4.69, 9.17) is 4.74 Å². The minimum atomic E-state index is 0.496. The Bertz CT molecular complexity index is 365. The monoisotopic (exact) mass is 261 g/mol. The van der Waals surface area contributed by atoms with Crippen molar-refractivity contribution in [3.8, 4) is 0 Å². The molecule has 1 aliphatic carbocycles. The van der Waals surface area contributed by atoms with Crippen LogP contribution in [0.3, 0.4) is 0 Å². The lowest BCUT2D eigenvalue weighted by molar-refractivity contribution is -0.0102. The third-order valence-corrected chi connectivity index (χ3v) is 3.76. The van der Waals surface area contributed by atoms with Crippen molar-refractivity contribution in [2.45, 2.75) is 58.7 Å². The Labute approximate surface area is 117 Å². The zero-order chi connectivity index (χ0) is 13.7. The first kappa shape index (κ1) is 14.5. The molecule has 2 nitrogen and oxygen atoms in total. The first-order chi connectivity index (χ1) is 9.17. The van der Waals surface area contributed by atoms with Gasteiger partial charge in [-0.05, 0) is 43.2 Å². The molecular formula is C17H27NO. The van der Waals surface area contributed by atoms with E-state index in [9.17, 15) is 0 Å². The Kier molecular flexibility index (Phi) is 5.41. The average Bonchev–Trinajstić information content (AvgIpc) is 2.33. The molecule has 1 aromatic carbocycles. The number of rotatable bonds is 7. The van der Waals surface area contributed by atoms with Gasteiger partial charge in [-0.25, -0.2) is 0 Å². The summed E-state index contributed by atoms with van der Waals surface area (Å²) in [6, 6.07) is 9.68. The first-order valence-electron chi connectivity index (χ1n) is 7.60. The van der Waals surface area contributed by atoms with Crippen molar-refractivity contribution in [1.29, 1.82) is 0 Å². The van der Waals surface area contributed by atoms with Crippen LogP contribution in [-0.4, -0.2) is 18.8 Å². The van der Waals surface area contributed by atoms with Gasteiger partial charge >= 0.3 is 0 Å². The number of hydrogen-bond donors (Lipinski definition) is 1. The van der Waals surface area contributed by atoms with Crippen molar-refractivity contribution >= 4 is 0 Å². The molecule has 1 aromatic rings. The molecule has 0 unspecified atom stereocenters. The lowest BCUT2D eigenvalue weighted by Crippen LogP contribution is -2.45. The van der Waals surface area contributed by atoms with Crippen LogP contribution in [0.4, 0.5) is 0 Å². The number of nitrogens with one attached hydrogen (secondary N) is 1. The van der Waals surface area contributed by atoms with E-state index < -0.39 is 0 Å². The molecule has 0 aromatic heterocycles. The Hall–Kier alpha value is -0.860. The molecule has 0 radical (unpaired) electrons. The van der Waals surface area contributed by atoms with Crippen LogP contribution in [0.25, 0.3) is 0 Å². The fraction of sp³-hybridized carbons (Fsp3) is 0.647. The quantitative estimate of drug-likeness (QED) is 0.810. The van der Waals surface area contributed by atoms with E-state index in [1.54, 1.807) is 0 Å². The number of ether oxygens (including phenoxy) is 1. The highest BCUT2D eigenvalue weighted by Gasteiger charge is 2.28. The molecule has 0 amide bonds. The number of hydrogen-bond acceptors (Lipinski definition) is 2. The van der Waals surface area contributed by atoms with Gasteiger partial charge in [0.05, 0.1) is 6.10 Å². The fourth-order valence-electron chi connectivity index (χ4n) is 2.63. The highest BCUT2D eigenvalue weighted by molar-refractivity contribution is 5.22. The fourth-order valence-corrected chi connectivity index (χ4v) is 2.63. The minimum Gasteiger partial charge on any atom is -0.378 e. The smallest absolute Gasteiger partial charge is 0.0604 e. The van der Waals surface area contributed by atoms with Crippen molar-refractivity contribution in [3.05, 3.63) is 35.4 Å². The van der Waals surface area contributed by atoms with Crippen LogP contribution in [-0.2, 0) is 17.7 Å². The molecule has 106 valence electrons. The van der Waals surface area contributed by atoms with Crippen LogP contribution in [0.1, 0.15) is 44.7 Å². The van der Waals surface area contributed by atoms with E-state index in [1.807, 2.05) is 0 Å². The maximum absolute atomic E-state index is 5.57. The molecule has 2 rings (SSSR count). The molecule has 1 N–H and O–H groups in total. The van der Waals surface area contributed by atoms with Gasteiger partial charge < -0.3 is 10.1 Å². The normalized spacial score (nSPS) is 22.5. The third kappa shape index (κ3) is 4.63. The minimum absolute atomic E-state index is 0.496. The highest BCUT2D eigenvalue weighted by Crippen LogP contribution is 2.23. The zero-order valence-electron chi connectivity index (χ0n) is 12.5. The Balaban J connectivity index is 1.69. The summed E-state index contributed by atoms with van der Waals surface area (Å²) in [7, 11) is 0. The Morgan fingerprint density at radius 3 is 2.37 bits per heavy atom. The van der Waals surface area contributed by atoms with E-state index in [0.717, 1.165) is 19.1 Å². The van der Waals surface area contributed by atoms with Gasteiger partial charge in [-0.3, -0.25) is 0 Å². The molecule has 0 heterocycles. The van der Waals surface area contributed by atoms with Crippen LogP contribution in [0.15, 0.2) is 24.3 Å². The largest absolute Gasteiger partial charge is 0.378 e. The van der Waals surface area contributed by atoms with Crippen LogP contribution in [0.5, 0.6) is 0 Å². The summed E-state index contributed by atoms with van der Waals surface area (Å²) in [4.78, 5) is 0. The summed E-state index contributed by atoms with van der Waals surface area (Å²) >= 11 is 0. The molecule has 2 heteroatoms. The van der Waals surface area contributed by atoms with Gasteiger partial charge in [0.15, 0.2) is 0 Å². The topological polar surface area (TPSA) is 21.3 Å². The molecule has 0 saturated heterocycles. The predicted octanol–water partition coefficient (Wildman–Crippen LogP) is 3.54. The van der Waals surface area contributed by atoms with Crippen molar-refractivity contribution < 1.29 is 4.74 Å². The first-order valence-corrected chi connectivity index (χ1v) is 7.60. The van der Waals surface area contributed by atoms with Gasteiger partial charge in [0.2, 0.25) is 0 Å². The molecule has 1 saturated carbocycles. The molecule has 19 heavy (non-hydrogen) atoms. The standard InChI is InChI=1S/C17H27NO/c1-4-19-17-10-16(11-17)18-12-15-7-5-14(6-8-15)9-13(2)3/h5-8,13,16-18H,4,9-12H2,1-3H3. The highest BCUT2D eigenvalue weighted by atomic mass is 16.5. The summed E-state index contributed by atoms with van der Waals surface area (Å²) in [6.45, 7) is 8.42. The maximum atomic E-state index is 5.57. The van der Waals surface area contributed by atoms with Gasteiger partial charge in [-0.2, -0.15) is 0 Å². The molecule has 1 fully saturated rings. The van der Waals surface area contributed by atoms with Crippen LogP contribution >= 0.6 is 0 Å². The second kappa shape index (κ2) is 7.06. The summed E-state index contributed by atoms with van der Waals surface area (Å²) < 4.78 is 5.57. The second-order valence-electron chi connectivity index (χ2n) is 6.04. The summed E-state index contributed by atoms with van der Waals surface area (Å²) in [6.07, 6.45) is 4.00. The van der Waals surface area contributed by atoms with Crippen molar-refractivity contribution in [2.75, 3.05) is 6.61 Å². The van der Waals surface area contributed by atoms with Crippen molar-refractivity contribution in [2.24, 2.45) is 5.92 Å². The van der Waals surface area contributed by atoms with E-state index in [2.05, 4.69) is 50.4 Å². The van der Waals surface area contributed by atoms with Gasteiger partial charge in [-0.1, -0.05) is 38.1 Å². The van der Waals surface area contributed by atoms with Crippen LogP contribution < -0.4 is 5.32 Å². The lowest BCUT2D eigenvalue weighted by atomic mass is 9.89. The molecule has 1 aliphatic rings. The maximum Gasteiger partial charge on any atom is 0.0604 e. The number of benzene rings is 1. The summed E-state index contributed by atoms with van der Waals surface area (Å²) in [5, 5.41) is 3.60. The summed E-state index contributed by atoms with van der Waals surface area (Å²) in [5.74, 6) is 0.731. The SMILES string of the molecule is CCOC1CC(NCc2ccc(CC(C)C)cc2)C1. The second-order valence-corrected chi connectivity index (χ2v) is 6.04. The summed E-state index contributed by atoms with van der Waals surface area (Å²) in [5.41, 5.74) is 2.83. The van der Waals surface area contributed by atoms with Crippen molar-refractivity contribution in [1.82, 2.24) is 5.32 Å². The molecule has 0 spiro atoms. The lowest BCUT2D eigenvalue weighted by Gasteiger charge is -2.35. The van der Waals surface area contributed by atoms with E-state index >= 15 is 0 Å². The molecular weight excluding hydrogens is 234 g/mol. The zero-order valence-corrected chi connectivity index (χ0v) is 12.5. The van der Waals surface area contributed by atoms with Gasteiger partial charge in [-0.15, -0.1) is 0 Å². The van der Waals surface area contributed by atoms with E-state index in [-0.39, 0.29) is 0 Å². The van der Waals surface area contributed by atoms with Crippen molar-refractivity contribution in [3.63, 3.8) is 0 Å². The van der Waals surface area contributed by atoms with Gasteiger partial charge in [0, 0.05) is 19.2 Å². The molecule has 0 aliphatic heterocycles. The average molecular weight is 261 g/mol. The van der Waals surface area contributed by atoms with E-state index in [1.165, 1.54) is 30.4 Å². The Morgan fingerprint density at radius 2 is 1.79 bits per heavy atom.